The van der Waals surface area contributed by atoms with Crippen molar-refractivity contribution in [2.45, 2.75) is 26.3 Å². The first-order valence-electron chi connectivity index (χ1n) is 5.79. The second-order valence-corrected chi connectivity index (χ2v) is 4.70. The maximum Gasteiger partial charge on any atom is 0.221 e. The van der Waals surface area contributed by atoms with Gasteiger partial charge in [0.25, 0.3) is 0 Å². The van der Waals surface area contributed by atoms with Crippen molar-refractivity contribution in [2.24, 2.45) is 0 Å². The lowest BCUT2D eigenvalue weighted by atomic mass is 10.3. The zero-order valence-electron chi connectivity index (χ0n) is 10.0. The highest BCUT2D eigenvalue weighted by atomic mass is 79.9. The van der Waals surface area contributed by atoms with E-state index in [4.69, 9.17) is 0 Å². The minimum Gasteiger partial charge on any atom is -0.356 e. The molecule has 0 saturated heterocycles. The van der Waals surface area contributed by atoms with E-state index in [1.165, 1.54) is 0 Å². The number of carbonyl (C=O) groups excluding carboxylic acids is 1. The van der Waals surface area contributed by atoms with Gasteiger partial charge in [-0.3, -0.25) is 9.78 Å². The third-order valence-corrected chi connectivity index (χ3v) is 2.63. The fourth-order valence-electron chi connectivity index (χ4n) is 1.34. The van der Waals surface area contributed by atoms with Gasteiger partial charge in [0.1, 0.15) is 0 Å². The molecule has 1 aromatic rings. The predicted molar refractivity (Wildman–Crippen MR) is 71.6 cm³/mol. The van der Waals surface area contributed by atoms with Gasteiger partial charge in [0, 0.05) is 42.9 Å². The average Bonchev–Trinajstić information content (AvgIpc) is 2.32. The van der Waals surface area contributed by atoms with E-state index in [1.807, 2.05) is 19.2 Å². The van der Waals surface area contributed by atoms with Crippen molar-refractivity contribution >= 4 is 21.8 Å². The first-order valence-corrected chi connectivity index (χ1v) is 6.58. The molecule has 0 unspecified atom stereocenters. The molecular formula is C12H18BrN3O. The molecule has 0 spiro atoms. The van der Waals surface area contributed by atoms with Gasteiger partial charge in [-0.25, -0.2) is 0 Å². The molecule has 94 valence electrons. The summed E-state index contributed by atoms with van der Waals surface area (Å²) >= 11 is 3.37. The standard InChI is InChI=1S/C12H18BrN3O/c1-2-4-16-12(17)3-5-14-7-10-6-11(13)9-15-8-10/h6,8-9,14H,2-5,7H2,1H3,(H,16,17). The molecule has 0 fully saturated rings. The molecule has 1 rings (SSSR count). The predicted octanol–water partition coefficient (Wildman–Crippen LogP) is 1.85. The van der Waals surface area contributed by atoms with Gasteiger partial charge in [-0.2, -0.15) is 0 Å². The second-order valence-electron chi connectivity index (χ2n) is 3.79. The van der Waals surface area contributed by atoms with Crippen molar-refractivity contribution in [1.82, 2.24) is 15.6 Å². The molecule has 1 amide bonds. The summed E-state index contributed by atoms with van der Waals surface area (Å²) in [6, 6.07) is 2.01. The third-order valence-electron chi connectivity index (χ3n) is 2.19. The molecule has 0 saturated carbocycles. The number of hydrogen-bond donors (Lipinski definition) is 2. The first kappa shape index (κ1) is 14.1. The first-order chi connectivity index (χ1) is 8.22. The number of halogens is 1. The van der Waals surface area contributed by atoms with Crippen molar-refractivity contribution in [2.75, 3.05) is 13.1 Å². The van der Waals surface area contributed by atoms with Gasteiger partial charge in [0.05, 0.1) is 0 Å². The minimum atomic E-state index is 0.103. The van der Waals surface area contributed by atoms with Crippen LogP contribution in [0, 0.1) is 0 Å². The van der Waals surface area contributed by atoms with Crippen LogP contribution in [0.1, 0.15) is 25.3 Å². The van der Waals surface area contributed by atoms with Crippen LogP contribution in [0.2, 0.25) is 0 Å². The number of hydrogen-bond acceptors (Lipinski definition) is 3. The Bertz CT molecular complexity index is 357. The van der Waals surface area contributed by atoms with E-state index in [2.05, 4.69) is 31.5 Å². The minimum absolute atomic E-state index is 0.103. The van der Waals surface area contributed by atoms with Crippen LogP contribution >= 0.6 is 15.9 Å². The summed E-state index contributed by atoms with van der Waals surface area (Å²) in [4.78, 5) is 15.4. The zero-order valence-corrected chi connectivity index (χ0v) is 11.6. The molecule has 0 radical (unpaired) electrons. The summed E-state index contributed by atoms with van der Waals surface area (Å²) in [6.07, 6.45) is 5.06. The summed E-state index contributed by atoms with van der Waals surface area (Å²) in [6.45, 7) is 4.21. The SMILES string of the molecule is CCCNC(=O)CCNCc1cncc(Br)c1. The van der Waals surface area contributed by atoms with Gasteiger partial charge < -0.3 is 10.6 Å². The van der Waals surface area contributed by atoms with Crippen molar-refractivity contribution < 1.29 is 4.79 Å². The Kier molecular flexibility index (Phi) is 6.81. The fourth-order valence-corrected chi connectivity index (χ4v) is 1.75. The van der Waals surface area contributed by atoms with Crippen LogP contribution in [-0.2, 0) is 11.3 Å². The lowest BCUT2D eigenvalue weighted by Gasteiger charge is -2.05. The average molecular weight is 300 g/mol. The van der Waals surface area contributed by atoms with Crippen LogP contribution in [0.5, 0.6) is 0 Å². The van der Waals surface area contributed by atoms with Gasteiger partial charge in [-0.05, 0) is 34.0 Å². The second kappa shape index (κ2) is 8.20. The van der Waals surface area contributed by atoms with Crippen molar-refractivity contribution in [3.63, 3.8) is 0 Å². The number of nitrogens with one attached hydrogen (secondary N) is 2. The Labute approximate surface area is 110 Å². The zero-order chi connectivity index (χ0) is 12.5. The molecule has 17 heavy (non-hydrogen) atoms. The van der Waals surface area contributed by atoms with Crippen LogP contribution in [0.3, 0.4) is 0 Å². The number of aromatic nitrogens is 1. The third kappa shape index (κ3) is 6.38. The lowest BCUT2D eigenvalue weighted by Crippen LogP contribution is -2.28. The summed E-state index contributed by atoms with van der Waals surface area (Å²) in [5, 5.41) is 6.06. The van der Waals surface area contributed by atoms with Crippen LogP contribution in [0.4, 0.5) is 0 Å². The molecule has 5 heteroatoms. The number of amides is 1. The van der Waals surface area contributed by atoms with E-state index < -0.39 is 0 Å². The Balaban J connectivity index is 2.14. The monoisotopic (exact) mass is 299 g/mol. The van der Waals surface area contributed by atoms with Crippen molar-refractivity contribution in [1.29, 1.82) is 0 Å². The van der Waals surface area contributed by atoms with Crippen LogP contribution in [0.25, 0.3) is 0 Å². The van der Waals surface area contributed by atoms with E-state index >= 15 is 0 Å². The Morgan fingerprint density at radius 1 is 1.41 bits per heavy atom. The molecule has 0 aliphatic rings. The highest BCUT2D eigenvalue weighted by Gasteiger charge is 1.99. The molecule has 4 nitrogen and oxygen atoms in total. The van der Waals surface area contributed by atoms with Gasteiger partial charge in [-0.1, -0.05) is 6.92 Å². The number of pyridine rings is 1. The van der Waals surface area contributed by atoms with Gasteiger partial charge in [0.2, 0.25) is 5.91 Å². The maximum atomic E-state index is 11.3. The number of rotatable bonds is 7. The summed E-state index contributed by atoms with van der Waals surface area (Å²) in [7, 11) is 0. The Morgan fingerprint density at radius 3 is 2.94 bits per heavy atom. The van der Waals surface area contributed by atoms with E-state index in [0.717, 1.165) is 29.5 Å². The quantitative estimate of drug-likeness (QED) is 0.756. The molecule has 0 aliphatic carbocycles. The molecule has 0 aromatic carbocycles. The summed E-state index contributed by atoms with van der Waals surface area (Å²) in [5.41, 5.74) is 1.10. The molecule has 1 aromatic heterocycles. The highest BCUT2D eigenvalue weighted by molar-refractivity contribution is 9.10. The van der Waals surface area contributed by atoms with Gasteiger partial charge in [-0.15, -0.1) is 0 Å². The summed E-state index contributed by atoms with van der Waals surface area (Å²) < 4.78 is 0.970. The fraction of sp³-hybridized carbons (Fsp3) is 0.500. The molecular weight excluding hydrogens is 282 g/mol. The lowest BCUT2D eigenvalue weighted by molar-refractivity contribution is -0.120. The van der Waals surface area contributed by atoms with Gasteiger partial charge >= 0.3 is 0 Å². The molecule has 0 aliphatic heterocycles. The summed E-state index contributed by atoms with van der Waals surface area (Å²) in [5.74, 6) is 0.103. The van der Waals surface area contributed by atoms with Crippen LogP contribution in [-0.4, -0.2) is 24.0 Å². The largest absolute Gasteiger partial charge is 0.356 e. The van der Waals surface area contributed by atoms with Crippen LogP contribution < -0.4 is 10.6 Å². The molecule has 0 atom stereocenters. The smallest absolute Gasteiger partial charge is 0.221 e. The van der Waals surface area contributed by atoms with Crippen LogP contribution in [0.15, 0.2) is 22.9 Å². The highest BCUT2D eigenvalue weighted by Crippen LogP contribution is 2.08. The maximum absolute atomic E-state index is 11.3. The van der Waals surface area contributed by atoms with E-state index in [1.54, 1.807) is 6.20 Å². The molecule has 0 bridgehead atoms. The van der Waals surface area contributed by atoms with Gasteiger partial charge in [0.15, 0.2) is 0 Å². The normalized spacial score (nSPS) is 10.2. The topological polar surface area (TPSA) is 54.0 Å². The Hall–Kier alpha value is -0.940. The molecule has 1 heterocycles. The number of carbonyl (C=O) groups is 1. The number of nitrogens with zero attached hydrogens (tertiary/aromatic N) is 1. The van der Waals surface area contributed by atoms with E-state index in [9.17, 15) is 4.79 Å². The Morgan fingerprint density at radius 2 is 2.24 bits per heavy atom. The van der Waals surface area contributed by atoms with Crippen molar-refractivity contribution in [3.05, 3.63) is 28.5 Å². The van der Waals surface area contributed by atoms with Crippen molar-refractivity contribution in [3.8, 4) is 0 Å². The van der Waals surface area contributed by atoms with E-state index in [0.29, 0.717) is 13.0 Å². The molecule has 2 N–H and O–H groups in total. The van der Waals surface area contributed by atoms with E-state index in [-0.39, 0.29) is 5.91 Å².